The van der Waals surface area contributed by atoms with Gasteiger partial charge in [0.05, 0.1) is 13.2 Å². The number of rotatable bonds is 8. The molecule has 0 aliphatic carbocycles. The number of hydrogen-bond acceptors (Lipinski definition) is 11. The Morgan fingerprint density at radius 2 is 1.65 bits per heavy atom. The van der Waals surface area contributed by atoms with E-state index in [1.807, 2.05) is 0 Å². The van der Waals surface area contributed by atoms with Crippen LogP contribution in [0.25, 0.3) is 0 Å². The first-order chi connectivity index (χ1) is 10.8. The lowest BCUT2D eigenvalue weighted by atomic mass is 9.98. The molecule has 9 atom stereocenters. The average Bonchev–Trinajstić information content (AvgIpc) is 2.57. The fourth-order valence-electron chi connectivity index (χ4n) is 2.11. The molecular weight excluding hydrogens is 320 g/mol. The molecule has 0 spiro atoms. The van der Waals surface area contributed by atoms with Gasteiger partial charge in [0.2, 0.25) is 0 Å². The van der Waals surface area contributed by atoms with Crippen molar-refractivity contribution < 1.29 is 55.1 Å². The second-order valence-corrected chi connectivity index (χ2v) is 5.17. The van der Waals surface area contributed by atoms with Crippen molar-refractivity contribution in [3.8, 4) is 0 Å². The van der Waals surface area contributed by atoms with Crippen LogP contribution in [0.1, 0.15) is 0 Å². The van der Waals surface area contributed by atoms with E-state index in [9.17, 15) is 35.4 Å². The van der Waals surface area contributed by atoms with Crippen LogP contribution in [0.4, 0.5) is 0 Å². The fourth-order valence-corrected chi connectivity index (χ4v) is 2.11. The number of carbonyl (C=O) groups is 1. The minimum atomic E-state index is -1.97. The summed E-state index contributed by atoms with van der Waals surface area (Å²) in [5.74, 6) is 0. The van der Waals surface area contributed by atoms with Crippen LogP contribution in [0.2, 0.25) is 0 Å². The number of aliphatic hydroxyl groups is 8. The summed E-state index contributed by atoms with van der Waals surface area (Å²) < 4.78 is 10.1. The normalized spacial score (nSPS) is 37.0. The van der Waals surface area contributed by atoms with Gasteiger partial charge in [-0.05, 0) is 0 Å². The molecule has 0 radical (unpaired) electrons. The molecule has 1 heterocycles. The maximum absolute atomic E-state index is 10.5. The molecule has 0 aromatic rings. The molecule has 8 N–H and O–H groups in total. The Balaban J connectivity index is 2.91. The maximum atomic E-state index is 10.5. The Hall–Kier alpha value is -0.730. The number of hydrogen-bond donors (Lipinski definition) is 8. The third kappa shape index (κ3) is 4.64. The van der Waals surface area contributed by atoms with Crippen LogP contribution in [0.5, 0.6) is 0 Å². The van der Waals surface area contributed by atoms with Crippen molar-refractivity contribution in [3.05, 3.63) is 0 Å². The summed E-state index contributed by atoms with van der Waals surface area (Å²) in [6.07, 6.45) is -15.7. The van der Waals surface area contributed by atoms with Gasteiger partial charge in [0.15, 0.2) is 12.6 Å². The van der Waals surface area contributed by atoms with Crippen molar-refractivity contribution in [2.45, 2.75) is 55.1 Å². The highest BCUT2D eigenvalue weighted by molar-refractivity contribution is 5.56. The molecule has 4 unspecified atom stereocenters. The summed E-state index contributed by atoms with van der Waals surface area (Å²) in [5.41, 5.74) is 0. The zero-order chi connectivity index (χ0) is 17.7. The molecule has 0 aromatic heterocycles. The second kappa shape index (κ2) is 8.94. The van der Waals surface area contributed by atoms with Gasteiger partial charge in [0.25, 0.3) is 0 Å². The smallest absolute Gasteiger partial charge is 0.187 e. The molecule has 1 saturated heterocycles. The van der Waals surface area contributed by atoms with Gasteiger partial charge in [-0.3, -0.25) is 0 Å². The van der Waals surface area contributed by atoms with Crippen molar-refractivity contribution >= 4 is 6.29 Å². The third-order valence-electron chi connectivity index (χ3n) is 3.53. The van der Waals surface area contributed by atoms with Gasteiger partial charge in [-0.25, -0.2) is 0 Å². The lowest BCUT2D eigenvalue weighted by molar-refractivity contribution is -0.326. The van der Waals surface area contributed by atoms with E-state index in [1.165, 1.54) is 0 Å². The van der Waals surface area contributed by atoms with Crippen LogP contribution in [-0.2, 0) is 14.3 Å². The second-order valence-electron chi connectivity index (χ2n) is 5.17. The molecule has 1 rings (SSSR count). The van der Waals surface area contributed by atoms with E-state index in [2.05, 4.69) is 0 Å². The molecule has 23 heavy (non-hydrogen) atoms. The monoisotopic (exact) mass is 342 g/mol. The number of aliphatic hydroxyl groups excluding tert-OH is 8. The minimum absolute atomic E-state index is 0.0294. The summed E-state index contributed by atoms with van der Waals surface area (Å²) in [6, 6.07) is 0. The third-order valence-corrected chi connectivity index (χ3v) is 3.53. The van der Waals surface area contributed by atoms with Gasteiger partial charge in [-0.15, -0.1) is 0 Å². The van der Waals surface area contributed by atoms with Crippen LogP contribution >= 0.6 is 0 Å². The standard InChI is InChI=1S/C12H22O11/c13-1-4(16)7(18)11(5(17)2-14)23-12-10(21)9(20)8(19)6(3-15)22-12/h1,4-12,14-21H,2-3H2/t4?,5?,6-,7?,8+,9+,10-,11?,12-/m1/s1. The minimum Gasteiger partial charge on any atom is -0.394 e. The van der Waals surface area contributed by atoms with Crippen LogP contribution in [0.15, 0.2) is 0 Å². The van der Waals surface area contributed by atoms with Crippen LogP contribution < -0.4 is 0 Å². The van der Waals surface area contributed by atoms with Crippen molar-refractivity contribution in [1.29, 1.82) is 0 Å². The fraction of sp³-hybridized carbons (Fsp3) is 0.917. The molecule has 11 heteroatoms. The van der Waals surface area contributed by atoms with Gasteiger partial charge >= 0.3 is 0 Å². The SMILES string of the molecule is O=CC(O)C(O)C(O[C@H]1O[C@H](CO)[C@H](O)[C@H](O)[C@H]1O)C(O)CO. The van der Waals surface area contributed by atoms with Crippen LogP contribution in [0.3, 0.4) is 0 Å². The van der Waals surface area contributed by atoms with Gasteiger partial charge in [-0.2, -0.15) is 0 Å². The highest BCUT2D eigenvalue weighted by Gasteiger charge is 2.46. The summed E-state index contributed by atoms with van der Waals surface area (Å²) in [4.78, 5) is 10.5. The van der Waals surface area contributed by atoms with Crippen molar-refractivity contribution in [2.75, 3.05) is 13.2 Å². The average molecular weight is 342 g/mol. The van der Waals surface area contributed by atoms with E-state index >= 15 is 0 Å². The van der Waals surface area contributed by atoms with E-state index in [1.54, 1.807) is 0 Å². The lowest BCUT2D eigenvalue weighted by Crippen LogP contribution is -2.61. The Morgan fingerprint density at radius 3 is 2.13 bits per heavy atom. The Morgan fingerprint density at radius 1 is 1.04 bits per heavy atom. The zero-order valence-corrected chi connectivity index (χ0v) is 12.0. The summed E-state index contributed by atoms with van der Waals surface area (Å²) >= 11 is 0. The van der Waals surface area contributed by atoms with Crippen molar-refractivity contribution in [2.24, 2.45) is 0 Å². The Kier molecular flexibility index (Phi) is 7.89. The van der Waals surface area contributed by atoms with Crippen molar-refractivity contribution in [3.63, 3.8) is 0 Å². The zero-order valence-electron chi connectivity index (χ0n) is 12.0. The topological polar surface area (TPSA) is 197 Å². The summed E-state index contributed by atoms with van der Waals surface area (Å²) in [7, 11) is 0. The van der Waals surface area contributed by atoms with Crippen molar-refractivity contribution in [1.82, 2.24) is 0 Å². The summed E-state index contributed by atoms with van der Waals surface area (Å²) in [6.45, 7) is -1.64. The number of ether oxygens (including phenoxy) is 2. The predicted molar refractivity (Wildman–Crippen MR) is 69.8 cm³/mol. The van der Waals surface area contributed by atoms with Gasteiger partial charge in [0, 0.05) is 0 Å². The number of aldehydes is 1. The molecule has 1 aliphatic rings. The van der Waals surface area contributed by atoms with E-state index in [-0.39, 0.29) is 6.29 Å². The highest BCUT2D eigenvalue weighted by Crippen LogP contribution is 2.24. The van der Waals surface area contributed by atoms with Crippen LogP contribution in [-0.4, -0.2) is 115 Å². The molecule has 11 nitrogen and oxygen atoms in total. The Labute approximate surface area is 130 Å². The molecular formula is C12H22O11. The van der Waals surface area contributed by atoms with Gasteiger partial charge < -0.3 is 55.1 Å². The lowest BCUT2D eigenvalue weighted by Gasteiger charge is -2.42. The first-order valence-corrected chi connectivity index (χ1v) is 6.84. The van der Waals surface area contributed by atoms with Gasteiger partial charge in [0.1, 0.15) is 48.8 Å². The molecule has 0 saturated carbocycles. The molecule has 136 valence electrons. The largest absolute Gasteiger partial charge is 0.394 e. The molecule has 1 fully saturated rings. The first kappa shape index (κ1) is 20.3. The van der Waals surface area contributed by atoms with E-state index in [4.69, 9.17) is 19.7 Å². The molecule has 0 bridgehead atoms. The van der Waals surface area contributed by atoms with Crippen LogP contribution in [0, 0.1) is 0 Å². The molecule has 1 aliphatic heterocycles. The van der Waals surface area contributed by atoms with E-state index in [0.717, 1.165) is 0 Å². The number of carbonyl (C=O) groups excluding carboxylic acids is 1. The predicted octanol–water partition coefficient (Wildman–Crippen LogP) is -5.55. The van der Waals surface area contributed by atoms with E-state index in [0.29, 0.717) is 0 Å². The highest BCUT2D eigenvalue weighted by atomic mass is 16.7. The van der Waals surface area contributed by atoms with E-state index < -0.39 is 68.3 Å². The molecule has 0 aromatic carbocycles. The summed E-state index contributed by atoms with van der Waals surface area (Å²) in [5, 5.41) is 75.7. The Bertz CT molecular complexity index is 365. The first-order valence-electron chi connectivity index (χ1n) is 6.84. The van der Waals surface area contributed by atoms with Gasteiger partial charge in [-0.1, -0.05) is 0 Å². The quantitative estimate of drug-likeness (QED) is 0.196. The molecule has 0 amide bonds. The maximum Gasteiger partial charge on any atom is 0.187 e.